The topological polar surface area (TPSA) is 14.2 Å². The maximum Gasteiger partial charge on any atom is 0.123 e. The lowest BCUT2D eigenvalue weighted by Crippen LogP contribution is -2.21. The molecule has 0 atom stereocenters. The molecule has 14 heavy (non-hydrogen) atoms. The molecule has 80 valence electrons. The summed E-state index contributed by atoms with van der Waals surface area (Å²) in [5.74, 6) is 0. The van der Waals surface area contributed by atoms with Crippen LogP contribution in [0.3, 0.4) is 0 Å². The van der Waals surface area contributed by atoms with Crippen molar-refractivity contribution in [2.45, 2.75) is 32.4 Å². The predicted octanol–water partition coefficient (Wildman–Crippen LogP) is 3.45. The van der Waals surface area contributed by atoms with Gasteiger partial charge < -0.3 is 9.30 Å². The first-order valence-electron chi connectivity index (χ1n) is 4.87. The number of hydrogen-bond donors (Lipinski definition) is 0. The Hall–Kier alpha value is -0.253. The molecule has 1 aromatic rings. The zero-order valence-corrected chi connectivity index (χ0v) is 10.8. The van der Waals surface area contributed by atoms with E-state index in [9.17, 15) is 0 Å². The molecule has 0 amide bonds. The first kappa shape index (κ1) is 11.8. The van der Waals surface area contributed by atoms with E-state index in [1.165, 1.54) is 6.04 Å². The Morgan fingerprint density at radius 2 is 2.14 bits per heavy atom. The smallest absolute Gasteiger partial charge is 0.123 e. The third-order valence-electron chi connectivity index (χ3n) is 2.00. The summed E-state index contributed by atoms with van der Waals surface area (Å²) in [5.41, 5.74) is 0. The molecule has 0 saturated heterocycles. The maximum absolute atomic E-state index is 5.90. The third kappa shape index (κ3) is 4.31. The van der Waals surface area contributed by atoms with Gasteiger partial charge in [-0.25, -0.2) is 0 Å². The largest absolute Gasteiger partial charge is 0.361 e. The first-order valence-corrected chi connectivity index (χ1v) is 8.96. The molecule has 0 aliphatic rings. The normalized spacial score (nSPS) is 12.0. The number of ether oxygens (including phenoxy) is 1. The minimum atomic E-state index is -0.960. The summed E-state index contributed by atoms with van der Waals surface area (Å²) in [6.07, 6.45) is 1.93. The number of hydrogen-bond acceptors (Lipinski definition) is 1. The molecular weight excluding hydrogens is 214 g/mol. The lowest BCUT2D eigenvalue weighted by molar-refractivity contribution is 0.0877. The van der Waals surface area contributed by atoms with Crippen molar-refractivity contribution in [3.63, 3.8) is 0 Å². The monoisotopic (exact) mass is 231 g/mol. The minimum Gasteiger partial charge on any atom is -0.361 e. The molecule has 4 heteroatoms. The van der Waals surface area contributed by atoms with E-state index in [1.54, 1.807) is 0 Å². The van der Waals surface area contributed by atoms with Gasteiger partial charge in [0.25, 0.3) is 0 Å². The van der Waals surface area contributed by atoms with Crippen molar-refractivity contribution in [2.75, 3.05) is 6.61 Å². The van der Waals surface area contributed by atoms with Crippen LogP contribution in [0.2, 0.25) is 30.8 Å². The first-order chi connectivity index (χ1) is 6.49. The molecule has 0 N–H and O–H groups in total. The van der Waals surface area contributed by atoms with Gasteiger partial charge in [0.05, 0.1) is 0 Å². The zero-order chi connectivity index (χ0) is 10.6. The van der Waals surface area contributed by atoms with E-state index in [0.29, 0.717) is 6.73 Å². The molecule has 0 unspecified atom stereocenters. The van der Waals surface area contributed by atoms with Crippen LogP contribution in [0.5, 0.6) is 0 Å². The Morgan fingerprint density at radius 3 is 2.64 bits per heavy atom. The Kier molecular flexibility index (Phi) is 4.23. The third-order valence-corrected chi connectivity index (χ3v) is 4.05. The van der Waals surface area contributed by atoms with Gasteiger partial charge in [0.2, 0.25) is 0 Å². The van der Waals surface area contributed by atoms with E-state index in [1.807, 2.05) is 22.9 Å². The van der Waals surface area contributed by atoms with Crippen LogP contribution in [0.25, 0.3) is 0 Å². The molecule has 1 heterocycles. The molecule has 1 aromatic heterocycles. The van der Waals surface area contributed by atoms with E-state index >= 15 is 0 Å². The van der Waals surface area contributed by atoms with E-state index in [0.717, 1.165) is 11.8 Å². The highest BCUT2D eigenvalue weighted by molar-refractivity contribution is 6.76. The minimum absolute atomic E-state index is 0.566. The molecule has 0 radical (unpaired) electrons. The highest BCUT2D eigenvalue weighted by Crippen LogP contribution is 2.11. The van der Waals surface area contributed by atoms with Crippen molar-refractivity contribution < 1.29 is 4.74 Å². The summed E-state index contributed by atoms with van der Waals surface area (Å²) in [7, 11) is -0.960. The summed E-state index contributed by atoms with van der Waals surface area (Å²) >= 11 is 5.90. The van der Waals surface area contributed by atoms with Crippen LogP contribution >= 0.6 is 11.6 Å². The van der Waals surface area contributed by atoms with Crippen molar-refractivity contribution in [1.82, 2.24) is 4.57 Å². The summed E-state index contributed by atoms with van der Waals surface area (Å²) < 4.78 is 7.44. The summed E-state index contributed by atoms with van der Waals surface area (Å²) in [5, 5.41) is 0.734. The fraction of sp³-hybridized carbons (Fsp3) is 0.600. The van der Waals surface area contributed by atoms with Crippen molar-refractivity contribution in [2.24, 2.45) is 0 Å². The SMILES string of the molecule is C[Si](C)(C)CCOCn1cccc1Cl. The Morgan fingerprint density at radius 1 is 1.43 bits per heavy atom. The van der Waals surface area contributed by atoms with Crippen LogP contribution in [0, 0.1) is 0 Å². The van der Waals surface area contributed by atoms with E-state index in [2.05, 4.69) is 19.6 Å². The maximum atomic E-state index is 5.90. The standard InChI is InChI=1S/C10H18ClNOSi/c1-14(2,3)8-7-13-9-12-6-4-5-10(12)11/h4-6H,7-9H2,1-3H3. The Bertz CT molecular complexity index is 280. The Labute approximate surface area is 91.8 Å². The van der Waals surface area contributed by atoms with E-state index < -0.39 is 8.07 Å². The van der Waals surface area contributed by atoms with Gasteiger partial charge in [0.1, 0.15) is 11.9 Å². The highest BCUT2D eigenvalue weighted by Gasteiger charge is 2.11. The molecule has 0 bridgehead atoms. The lowest BCUT2D eigenvalue weighted by Gasteiger charge is -2.15. The number of halogens is 1. The second-order valence-electron chi connectivity index (χ2n) is 4.65. The van der Waals surface area contributed by atoms with Crippen LogP contribution in [-0.4, -0.2) is 19.2 Å². The van der Waals surface area contributed by atoms with Crippen LogP contribution in [0.1, 0.15) is 0 Å². The molecule has 1 rings (SSSR count). The average Bonchev–Trinajstić information content (AvgIpc) is 2.44. The van der Waals surface area contributed by atoms with Gasteiger partial charge in [-0.2, -0.15) is 0 Å². The van der Waals surface area contributed by atoms with Crippen LogP contribution in [-0.2, 0) is 11.5 Å². The molecule has 0 aromatic carbocycles. The number of rotatable bonds is 5. The van der Waals surface area contributed by atoms with E-state index in [-0.39, 0.29) is 0 Å². The molecule has 0 spiro atoms. The van der Waals surface area contributed by atoms with Crippen LogP contribution in [0.4, 0.5) is 0 Å². The second-order valence-corrected chi connectivity index (χ2v) is 10.7. The van der Waals surface area contributed by atoms with E-state index in [4.69, 9.17) is 16.3 Å². The average molecular weight is 232 g/mol. The molecule has 2 nitrogen and oxygen atoms in total. The van der Waals surface area contributed by atoms with Gasteiger partial charge in [-0.1, -0.05) is 31.2 Å². The summed E-state index contributed by atoms with van der Waals surface area (Å²) in [6, 6.07) is 4.99. The van der Waals surface area contributed by atoms with Crippen LogP contribution < -0.4 is 0 Å². The summed E-state index contributed by atoms with van der Waals surface area (Å²) in [6.45, 7) is 8.44. The van der Waals surface area contributed by atoms with Gasteiger partial charge >= 0.3 is 0 Å². The van der Waals surface area contributed by atoms with Gasteiger partial charge in [-0.15, -0.1) is 0 Å². The molecular formula is C10H18ClNOSi. The lowest BCUT2D eigenvalue weighted by atomic mass is 10.7. The van der Waals surface area contributed by atoms with Crippen molar-refractivity contribution in [3.05, 3.63) is 23.5 Å². The number of nitrogens with zero attached hydrogens (tertiary/aromatic N) is 1. The molecule has 0 aliphatic carbocycles. The van der Waals surface area contributed by atoms with Crippen molar-refractivity contribution >= 4 is 19.7 Å². The zero-order valence-electron chi connectivity index (χ0n) is 9.09. The van der Waals surface area contributed by atoms with Gasteiger partial charge in [-0.3, -0.25) is 0 Å². The second kappa shape index (κ2) is 5.00. The highest BCUT2D eigenvalue weighted by atomic mass is 35.5. The predicted molar refractivity (Wildman–Crippen MR) is 63.5 cm³/mol. The Balaban J connectivity index is 2.20. The van der Waals surface area contributed by atoms with Gasteiger partial charge in [0, 0.05) is 20.9 Å². The van der Waals surface area contributed by atoms with Gasteiger partial charge in [-0.05, 0) is 18.2 Å². The fourth-order valence-corrected chi connectivity index (χ4v) is 1.97. The number of aromatic nitrogens is 1. The van der Waals surface area contributed by atoms with Gasteiger partial charge in [0.15, 0.2) is 0 Å². The quantitative estimate of drug-likeness (QED) is 0.559. The fourth-order valence-electron chi connectivity index (χ4n) is 1.04. The van der Waals surface area contributed by atoms with Crippen LogP contribution in [0.15, 0.2) is 18.3 Å². The molecule has 0 saturated carbocycles. The van der Waals surface area contributed by atoms with Crippen molar-refractivity contribution in [3.8, 4) is 0 Å². The molecule has 0 aliphatic heterocycles. The molecule has 0 fully saturated rings. The van der Waals surface area contributed by atoms with Crippen molar-refractivity contribution in [1.29, 1.82) is 0 Å². The summed E-state index contributed by atoms with van der Waals surface area (Å²) in [4.78, 5) is 0.